The zero-order valence-corrected chi connectivity index (χ0v) is 15.6. The molecule has 128 valence electrons. The predicted molar refractivity (Wildman–Crippen MR) is 97.2 cm³/mol. The van der Waals surface area contributed by atoms with E-state index in [1.54, 1.807) is 24.3 Å². The monoisotopic (exact) mass is 344 g/mol. The molecule has 2 aromatic rings. The third kappa shape index (κ3) is 5.30. The van der Waals surface area contributed by atoms with E-state index in [0.29, 0.717) is 11.3 Å². The van der Waals surface area contributed by atoms with Gasteiger partial charge in [-0.25, -0.2) is 0 Å². The van der Waals surface area contributed by atoms with E-state index in [1.165, 1.54) is 6.92 Å². The minimum absolute atomic E-state index is 0.00379. The largest absolute Gasteiger partial charge is 0.457 e. The second-order valence-corrected chi connectivity index (χ2v) is 11.5. The summed E-state index contributed by atoms with van der Waals surface area (Å²) in [6.07, 6.45) is 0. The molecule has 0 saturated carbocycles. The van der Waals surface area contributed by atoms with Crippen LogP contribution in [-0.4, -0.2) is 31.4 Å². The molecule has 5 heteroatoms. The Bertz CT molecular complexity index is 673. The van der Waals surface area contributed by atoms with E-state index in [-0.39, 0.29) is 12.4 Å². The van der Waals surface area contributed by atoms with Gasteiger partial charge in [0.1, 0.15) is 17.1 Å². The Morgan fingerprint density at radius 2 is 1.54 bits per heavy atom. The van der Waals surface area contributed by atoms with Gasteiger partial charge in [0.2, 0.25) is 0 Å². The Labute approximate surface area is 144 Å². The van der Waals surface area contributed by atoms with Crippen molar-refractivity contribution in [2.75, 3.05) is 6.61 Å². The first-order valence-corrected chi connectivity index (χ1v) is 11.3. The summed E-state index contributed by atoms with van der Waals surface area (Å²) in [5.74, 6) is 1.01. The summed E-state index contributed by atoms with van der Waals surface area (Å²) in [6, 6.07) is 16.2. The minimum Gasteiger partial charge on any atom is -0.457 e. The minimum atomic E-state index is -1.80. The number of hydrogen-bond acceptors (Lipinski definition) is 4. The van der Waals surface area contributed by atoms with Gasteiger partial charge in [-0.1, -0.05) is 18.2 Å². The highest BCUT2D eigenvalue weighted by atomic mass is 28.4. The average molecular weight is 344 g/mol. The first-order valence-electron chi connectivity index (χ1n) is 7.91. The number of hydrogen-bond donors (Lipinski definition) is 1. The van der Waals surface area contributed by atoms with Crippen molar-refractivity contribution in [1.82, 2.24) is 0 Å². The van der Waals surface area contributed by atoms with Crippen molar-refractivity contribution in [2.45, 2.75) is 32.2 Å². The van der Waals surface area contributed by atoms with Crippen molar-refractivity contribution < 1.29 is 19.1 Å². The highest BCUT2D eigenvalue weighted by molar-refractivity contribution is 6.69. The summed E-state index contributed by atoms with van der Waals surface area (Å²) in [6.45, 7) is 7.55. The zero-order valence-electron chi connectivity index (χ0n) is 14.6. The van der Waals surface area contributed by atoms with Gasteiger partial charge in [-0.3, -0.25) is 4.79 Å². The van der Waals surface area contributed by atoms with Crippen molar-refractivity contribution in [3.05, 3.63) is 60.2 Å². The average Bonchev–Trinajstić information content (AvgIpc) is 2.53. The first kappa shape index (κ1) is 18.4. The maximum absolute atomic E-state index is 12.5. The molecule has 1 unspecified atom stereocenters. The number of ketones is 1. The molecule has 4 nitrogen and oxygen atoms in total. The lowest BCUT2D eigenvalue weighted by atomic mass is 9.96. The Morgan fingerprint density at radius 3 is 2.08 bits per heavy atom. The molecule has 0 heterocycles. The summed E-state index contributed by atoms with van der Waals surface area (Å²) in [4.78, 5) is 12.5. The fourth-order valence-corrected chi connectivity index (χ4v) is 2.75. The van der Waals surface area contributed by atoms with Crippen LogP contribution in [0.1, 0.15) is 17.3 Å². The number of carbonyl (C=O) groups is 1. The number of Topliss-reactive ketones (excluding diaryl/α,β-unsaturated/α-hetero) is 1. The standard InChI is InChI=1S/C19H24O4Si/c1-19(21,14-22-24(2,3)4)18(20)15-10-12-17(13-11-15)23-16-8-6-5-7-9-16/h5-13,21H,14H2,1-4H3. The van der Waals surface area contributed by atoms with E-state index < -0.39 is 13.9 Å². The molecule has 1 N–H and O–H groups in total. The summed E-state index contributed by atoms with van der Waals surface area (Å²) >= 11 is 0. The van der Waals surface area contributed by atoms with Crippen LogP contribution in [0.2, 0.25) is 19.6 Å². The van der Waals surface area contributed by atoms with Gasteiger partial charge in [0.05, 0.1) is 6.61 Å². The molecule has 0 aliphatic rings. The Balaban J connectivity index is 2.05. The molecular formula is C19H24O4Si. The SMILES string of the molecule is CC(O)(CO[Si](C)(C)C)C(=O)c1ccc(Oc2ccccc2)cc1. The topological polar surface area (TPSA) is 55.8 Å². The van der Waals surface area contributed by atoms with Crippen LogP contribution < -0.4 is 4.74 Å². The molecular weight excluding hydrogens is 320 g/mol. The van der Waals surface area contributed by atoms with Crippen molar-refractivity contribution in [3.63, 3.8) is 0 Å². The maximum Gasteiger partial charge on any atom is 0.196 e. The van der Waals surface area contributed by atoms with Gasteiger partial charge in [-0.05, 0) is 63.0 Å². The Morgan fingerprint density at radius 1 is 1.00 bits per heavy atom. The van der Waals surface area contributed by atoms with E-state index in [4.69, 9.17) is 9.16 Å². The van der Waals surface area contributed by atoms with E-state index in [2.05, 4.69) is 0 Å². The van der Waals surface area contributed by atoms with Crippen LogP contribution >= 0.6 is 0 Å². The predicted octanol–water partition coefficient (Wildman–Crippen LogP) is 4.26. The molecule has 0 amide bonds. The van der Waals surface area contributed by atoms with Gasteiger partial charge in [-0.15, -0.1) is 0 Å². The smallest absolute Gasteiger partial charge is 0.196 e. The highest BCUT2D eigenvalue weighted by Gasteiger charge is 2.33. The van der Waals surface area contributed by atoms with Crippen LogP contribution in [0, 0.1) is 0 Å². The molecule has 2 rings (SSSR count). The van der Waals surface area contributed by atoms with Crippen LogP contribution in [0.5, 0.6) is 11.5 Å². The van der Waals surface area contributed by atoms with Crippen molar-refractivity contribution in [3.8, 4) is 11.5 Å². The number of para-hydroxylation sites is 1. The third-order valence-corrected chi connectivity index (χ3v) is 4.38. The molecule has 0 aliphatic carbocycles. The molecule has 1 atom stereocenters. The number of rotatable bonds is 7. The molecule has 24 heavy (non-hydrogen) atoms. The maximum atomic E-state index is 12.5. The van der Waals surface area contributed by atoms with Crippen LogP contribution in [0.15, 0.2) is 54.6 Å². The normalized spacial score (nSPS) is 14.0. The van der Waals surface area contributed by atoms with Crippen molar-refractivity contribution >= 4 is 14.1 Å². The van der Waals surface area contributed by atoms with Crippen molar-refractivity contribution in [2.24, 2.45) is 0 Å². The number of aliphatic hydroxyl groups is 1. The van der Waals surface area contributed by atoms with Gasteiger partial charge < -0.3 is 14.3 Å². The Kier molecular flexibility index (Phi) is 5.59. The molecule has 0 aromatic heterocycles. The molecule has 0 saturated heterocycles. The third-order valence-electron chi connectivity index (χ3n) is 3.37. The van der Waals surface area contributed by atoms with Crippen LogP contribution in [0.4, 0.5) is 0 Å². The number of carbonyl (C=O) groups excluding carboxylic acids is 1. The van der Waals surface area contributed by atoms with E-state index in [9.17, 15) is 9.90 Å². The molecule has 0 radical (unpaired) electrons. The molecule has 0 aliphatic heterocycles. The Hall–Kier alpha value is -1.95. The lowest BCUT2D eigenvalue weighted by molar-refractivity contribution is 0.0144. The van der Waals surface area contributed by atoms with Crippen LogP contribution in [-0.2, 0) is 4.43 Å². The number of benzene rings is 2. The second kappa shape index (κ2) is 7.30. The summed E-state index contributed by atoms with van der Waals surface area (Å²) in [5.41, 5.74) is -1.11. The molecule has 0 bridgehead atoms. The zero-order chi connectivity index (χ0) is 17.8. The van der Waals surface area contributed by atoms with Gasteiger partial charge >= 0.3 is 0 Å². The van der Waals surface area contributed by atoms with Gasteiger partial charge in [0.25, 0.3) is 0 Å². The highest BCUT2D eigenvalue weighted by Crippen LogP contribution is 2.23. The van der Waals surface area contributed by atoms with Gasteiger partial charge in [0, 0.05) is 5.56 Å². The summed E-state index contributed by atoms with van der Waals surface area (Å²) in [5, 5.41) is 10.4. The lowest BCUT2D eigenvalue weighted by Crippen LogP contribution is -2.43. The quantitative estimate of drug-likeness (QED) is 0.602. The second-order valence-electron chi connectivity index (χ2n) is 6.94. The first-order chi connectivity index (χ1) is 11.2. The van der Waals surface area contributed by atoms with E-state index >= 15 is 0 Å². The molecule has 2 aromatic carbocycles. The van der Waals surface area contributed by atoms with E-state index in [0.717, 1.165) is 5.75 Å². The number of ether oxygens (including phenoxy) is 1. The summed E-state index contributed by atoms with van der Waals surface area (Å²) < 4.78 is 11.4. The van der Waals surface area contributed by atoms with Crippen LogP contribution in [0.3, 0.4) is 0 Å². The van der Waals surface area contributed by atoms with Gasteiger partial charge in [0.15, 0.2) is 14.1 Å². The van der Waals surface area contributed by atoms with Crippen molar-refractivity contribution in [1.29, 1.82) is 0 Å². The van der Waals surface area contributed by atoms with E-state index in [1.807, 2.05) is 50.0 Å². The molecule has 0 spiro atoms. The van der Waals surface area contributed by atoms with Gasteiger partial charge in [-0.2, -0.15) is 0 Å². The molecule has 0 fully saturated rings. The fourth-order valence-electron chi connectivity index (χ4n) is 2.03. The lowest BCUT2D eigenvalue weighted by Gasteiger charge is -2.26. The van der Waals surface area contributed by atoms with Crippen LogP contribution in [0.25, 0.3) is 0 Å². The summed E-state index contributed by atoms with van der Waals surface area (Å²) in [7, 11) is -1.80. The fraction of sp³-hybridized carbons (Fsp3) is 0.316.